The fourth-order valence-corrected chi connectivity index (χ4v) is 1.38. The van der Waals surface area contributed by atoms with Gasteiger partial charge in [-0.25, -0.2) is 4.79 Å². The topological polar surface area (TPSA) is 52.6 Å². The van der Waals surface area contributed by atoms with Gasteiger partial charge in [-0.1, -0.05) is 6.07 Å². The van der Waals surface area contributed by atoms with Crippen LogP contribution in [0.4, 0.5) is 23.7 Å². The van der Waals surface area contributed by atoms with Crippen LogP contribution in [0, 0.1) is 0 Å². The molecule has 0 radical (unpaired) electrons. The van der Waals surface area contributed by atoms with E-state index in [4.69, 9.17) is 0 Å². The molecule has 0 saturated carbocycles. The largest absolute Gasteiger partial charge is 0.508 e. The summed E-state index contributed by atoms with van der Waals surface area (Å²) in [5.74, 6) is -0.0606. The van der Waals surface area contributed by atoms with Gasteiger partial charge >= 0.3 is 12.2 Å². The molecule has 2 amide bonds. The van der Waals surface area contributed by atoms with Gasteiger partial charge in [-0.15, -0.1) is 0 Å². The van der Waals surface area contributed by atoms with Crippen molar-refractivity contribution >= 4 is 11.7 Å². The Bertz CT molecular complexity index is 421. The van der Waals surface area contributed by atoms with E-state index in [9.17, 15) is 23.1 Å². The van der Waals surface area contributed by atoms with Gasteiger partial charge in [0, 0.05) is 18.3 Å². The standard InChI is InChI=1S/C11H13F3N2O2/c1-2-16(8-4-3-5-9(17)6-8)10(18)15-7-11(12,13)14/h3-6,17H,2,7H2,1H3,(H,15,18). The monoisotopic (exact) mass is 262 g/mol. The minimum absolute atomic E-state index is 0.0606. The molecular weight excluding hydrogens is 249 g/mol. The van der Waals surface area contributed by atoms with Gasteiger partial charge in [0.25, 0.3) is 0 Å². The number of hydrogen-bond acceptors (Lipinski definition) is 2. The van der Waals surface area contributed by atoms with E-state index in [1.54, 1.807) is 12.2 Å². The Morgan fingerprint density at radius 1 is 1.44 bits per heavy atom. The summed E-state index contributed by atoms with van der Waals surface area (Å²) in [6.45, 7) is 0.422. The van der Waals surface area contributed by atoms with Crippen molar-refractivity contribution in [2.24, 2.45) is 0 Å². The van der Waals surface area contributed by atoms with Gasteiger partial charge < -0.3 is 10.4 Å². The highest BCUT2D eigenvalue weighted by molar-refractivity contribution is 5.92. The molecule has 0 fully saturated rings. The smallest absolute Gasteiger partial charge is 0.405 e. The van der Waals surface area contributed by atoms with Crippen molar-refractivity contribution in [3.05, 3.63) is 24.3 Å². The lowest BCUT2D eigenvalue weighted by Crippen LogP contribution is -2.43. The summed E-state index contributed by atoms with van der Waals surface area (Å²) in [5, 5.41) is 11.0. The van der Waals surface area contributed by atoms with E-state index in [2.05, 4.69) is 0 Å². The molecule has 0 aliphatic heterocycles. The summed E-state index contributed by atoms with van der Waals surface area (Å²) in [6.07, 6.45) is -4.45. The quantitative estimate of drug-likeness (QED) is 0.879. The van der Waals surface area contributed by atoms with Crippen LogP contribution >= 0.6 is 0 Å². The van der Waals surface area contributed by atoms with Crippen LogP contribution in [0.25, 0.3) is 0 Å². The molecular formula is C11H13F3N2O2. The molecule has 0 spiro atoms. The molecule has 0 aliphatic carbocycles. The van der Waals surface area contributed by atoms with Crippen LogP contribution in [-0.2, 0) is 0 Å². The van der Waals surface area contributed by atoms with Gasteiger partial charge in [0.15, 0.2) is 0 Å². The van der Waals surface area contributed by atoms with Crippen molar-refractivity contribution in [2.75, 3.05) is 18.0 Å². The van der Waals surface area contributed by atoms with Crippen LogP contribution in [-0.4, -0.2) is 30.4 Å². The number of alkyl halides is 3. The first-order chi connectivity index (χ1) is 8.33. The summed E-state index contributed by atoms with van der Waals surface area (Å²) in [4.78, 5) is 12.7. The lowest BCUT2D eigenvalue weighted by atomic mass is 10.3. The second-order valence-electron chi connectivity index (χ2n) is 3.54. The van der Waals surface area contributed by atoms with E-state index in [0.717, 1.165) is 4.90 Å². The minimum atomic E-state index is -4.45. The van der Waals surface area contributed by atoms with Crippen LogP contribution in [0.15, 0.2) is 24.3 Å². The van der Waals surface area contributed by atoms with Crippen molar-refractivity contribution in [3.63, 3.8) is 0 Å². The number of rotatable bonds is 3. The lowest BCUT2D eigenvalue weighted by Gasteiger charge is -2.22. The molecule has 0 aliphatic rings. The number of amides is 2. The number of phenolic OH excluding ortho intramolecular Hbond substituents is 1. The molecule has 100 valence electrons. The minimum Gasteiger partial charge on any atom is -0.508 e. The average Bonchev–Trinajstić information content (AvgIpc) is 2.26. The average molecular weight is 262 g/mol. The summed E-state index contributed by atoms with van der Waals surface area (Å²) >= 11 is 0. The Balaban J connectivity index is 2.75. The number of carbonyl (C=O) groups excluding carboxylic acids is 1. The van der Waals surface area contributed by atoms with Gasteiger partial charge in [0.2, 0.25) is 0 Å². The maximum Gasteiger partial charge on any atom is 0.405 e. The Labute approximate surface area is 102 Å². The number of hydrogen-bond donors (Lipinski definition) is 2. The highest BCUT2D eigenvalue weighted by atomic mass is 19.4. The number of anilines is 1. The Hall–Kier alpha value is -1.92. The molecule has 0 heterocycles. The molecule has 4 nitrogen and oxygen atoms in total. The first-order valence-electron chi connectivity index (χ1n) is 5.24. The van der Waals surface area contributed by atoms with Gasteiger partial charge in [-0.2, -0.15) is 13.2 Å². The van der Waals surface area contributed by atoms with Gasteiger partial charge in [0.05, 0.1) is 0 Å². The predicted molar refractivity (Wildman–Crippen MR) is 60.6 cm³/mol. The van der Waals surface area contributed by atoms with Crippen LogP contribution in [0.3, 0.4) is 0 Å². The molecule has 1 aromatic carbocycles. The van der Waals surface area contributed by atoms with Crippen molar-refractivity contribution in [1.29, 1.82) is 0 Å². The fourth-order valence-electron chi connectivity index (χ4n) is 1.38. The Morgan fingerprint density at radius 2 is 2.11 bits per heavy atom. The van der Waals surface area contributed by atoms with E-state index >= 15 is 0 Å². The summed E-state index contributed by atoms with van der Waals surface area (Å²) < 4.78 is 35.9. The highest BCUT2D eigenvalue weighted by Crippen LogP contribution is 2.20. The zero-order valence-corrected chi connectivity index (χ0v) is 9.66. The van der Waals surface area contributed by atoms with E-state index in [1.807, 2.05) is 0 Å². The number of nitrogens with one attached hydrogen (secondary N) is 1. The Morgan fingerprint density at radius 3 is 2.61 bits per heavy atom. The van der Waals surface area contributed by atoms with Crippen LogP contribution in [0.2, 0.25) is 0 Å². The number of aromatic hydroxyl groups is 1. The van der Waals surface area contributed by atoms with E-state index in [-0.39, 0.29) is 12.3 Å². The first kappa shape index (κ1) is 14.1. The van der Waals surface area contributed by atoms with E-state index in [1.165, 1.54) is 24.3 Å². The molecule has 0 saturated heterocycles. The zero-order chi connectivity index (χ0) is 13.8. The second kappa shape index (κ2) is 5.61. The van der Waals surface area contributed by atoms with Crippen molar-refractivity contribution in [2.45, 2.75) is 13.1 Å². The van der Waals surface area contributed by atoms with Crippen LogP contribution in [0.5, 0.6) is 5.75 Å². The van der Waals surface area contributed by atoms with Crippen molar-refractivity contribution in [1.82, 2.24) is 5.32 Å². The number of phenols is 1. The second-order valence-corrected chi connectivity index (χ2v) is 3.54. The molecule has 2 N–H and O–H groups in total. The molecule has 0 unspecified atom stereocenters. The molecule has 0 bridgehead atoms. The number of carbonyl (C=O) groups is 1. The molecule has 18 heavy (non-hydrogen) atoms. The summed E-state index contributed by atoms with van der Waals surface area (Å²) in [6, 6.07) is 4.88. The predicted octanol–water partition coefficient (Wildman–Crippen LogP) is 2.49. The highest BCUT2D eigenvalue weighted by Gasteiger charge is 2.28. The normalized spacial score (nSPS) is 11.1. The summed E-state index contributed by atoms with van der Waals surface area (Å²) in [7, 11) is 0. The third kappa shape index (κ3) is 4.15. The van der Waals surface area contributed by atoms with Crippen molar-refractivity contribution < 1.29 is 23.1 Å². The van der Waals surface area contributed by atoms with Gasteiger partial charge in [-0.05, 0) is 19.1 Å². The van der Waals surface area contributed by atoms with Crippen LogP contribution in [0.1, 0.15) is 6.92 Å². The third-order valence-corrected chi connectivity index (χ3v) is 2.14. The number of urea groups is 1. The summed E-state index contributed by atoms with van der Waals surface area (Å²) in [5.41, 5.74) is 0.331. The van der Waals surface area contributed by atoms with Crippen LogP contribution < -0.4 is 10.2 Å². The first-order valence-corrected chi connectivity index (χ1v) is 5.24. The molecule has 7 heteroatoms. The zero-order valence-electron chi connectivity index (χ0n) is 9.66. The maximum absolute atomic E-state index is 12.0. The third-order valence-electron chi connectivity index (χ3n) is 2.14. The molecule has 0 atom stereocenters. The molecule has 1 aromatic rings. The van der Waals surface area contributed by atoms with Gasteiger partial charge in [0.1, 0.15) is 12.3 Å². The molecule has 0 aromatic heterocycles. The molecule has 1 rings (SSSR count). The maximum atomic E-state index is 12.0. The number of benzene rings is 1. The number of halogens is 3. The fraction of sp³-hybridized carbons (Fsp3) is 0.364. The number of nitrogens with zero attached hydrogens (tertiary/aromatic N) is 1. The SMILES string of the molecule is CCN(C(=O)NCC(F)(F)F)c1cccc(O)c1. The Kier molecular flexibility index (Phi) is 4.41. The van der Waals surface area contributed by atoms with E-state index in [0.29, 0.717) is 5.69 Å². The lowest BCUT2D eigenvalue weighted by molar-refractivity contribution is -0.122. The van der Waals surface area contributed by atoms with Gasteiger partial charge in [-0.3, -0.25) is 4.90 Å². The van der Waals surface area contributed by atoms with Crippen molar-refractivity contribution in [3.8, 4) is 5.75 Å². The van der Waals surface area contributed by atoms with E-state index < -0.39 is 18.8 Å².